The van der Waals surface area contributed by atoms with Crippen molar-refractivity contribution in [3.63, 3.8) is 0 Å². The van der Waals surface area contributed by atoms with Crippen molar-refractivity contribution in [2.24, 2.45) is 0 Å². The fourth-order valence-electron chi connectivity index (χ4n) is 2.06. The van der Waals surface area contributed by atoms with Crippen molar-refractivity contribution in [2.75, 3.05) is 32.7 Å². The first-order valence-electron chi connectivity index (χ1n) is 6.69. The molecule has 2 amide bonds. The van der Waals surface area contributed by atoms with Crippen molar-refractivity contribution in [3.8, 4) is 0 Å². The number of nitrogens with zero attached hydrogens (tertiary/aromatic N) is 1. The lowest BCUT2D eigenvalue weighted by Gasteiger charge is -2.27. The Morgan fingerprint density at radius 2 is 1.85 bits per heavy atom. The molecule has 0 unspecified atom stereocenters. The third-order valence-corrected chi connectivity index (χ3v) is 3.45. The first-order valence-corrected chi connectivity index (χ1v) is 7.07. The number of rotatable bonds is 4. The van der Waals surface area contributed by atoms with Crippen molar-refractivity contribution in [1.82, 2.24) is 15.5 Å². The Labute approximate surface area is 123 Å². The molecule has 0 saturated carbocycles. The summed E-state index contributed by atoms with van der Waals surface area (Å²) in [6.45, 7) is 3.50. The van der Waals surface area contributed by atoms with Crippen LogP contribution < -0.4 is 10.6 Å². The van der Waals surface area contributed by atoms with Gasteiger partial charge in [0.2, 0.25) is 5.91 Å². The minimum atomic E-state index is -0.185. The van der Waals surface area contributed by atoms with Crippen molar-refractivity contribution in [3.05, 3.63) is 34.9 Å². The minimum Gasteiger partial charge on any atom is -0.352 e. The molecule has 2 N–H and O–H groups in total. The van der Waals surface area contributed by atoms with Crippen LogP contribution in [0.5, 0.6) is 0 Å². The summed E-state index contributed by atoms with van der Waals surface area (Å²) < 4.78 is 0. The van der Waals surface area contributed by atoms with Gasteiger partial charge in [0.15, 0.2) is 0 Å². The summed E-state index contributed by atoms with van der Waals surface area (Å²) in [5.41, 5.74) is 0.545. The van der Waals surface area contributed by atoms with E-state index in [1.165, 1.54) is 0 Å². The highest BCUT2D eigenvalue weighted by Crippen LogP contribution is 2.09. The Bertz CT molecular complexity index is 470. The number of benzene rings is 1. The van der Waals surface area contributed by atoms with Crippen LogP contribution in [0.4, 0.5) is 0 Å². The van der Waals surface area contributed by atoms with Gasteiger partial charge in [0.1, 0.15) is 0 Å². The van der Waals surface area contributed by atoms with E-state index < -0.39 is 0 Å². The number of carbonyl (C=O) groups excluding carboxylic acids is 2. The van der Waals surface area contributed by atoms with Crippen LogP contribution in [0.25, 0.3) is 0 Å². The molecule has 1 aromatic carbocycles. The first-order chi connectivity index (χ1) is 9.66. The van der Waals surface area contributed by atoms with Gasteiger partial charge in [-0.1, -0.05) is 11.6 Å². The molecule has 5 nitrogen and oxygen atoms in total. The van der Waals surface area contributed by atoms with Gasteiger partial charge in [-0.05, 0) is 24.3 Å². The molecule has 0 bridgehead atoms. The van der Waals surface area contributed by atoms with Gasteiger partial charge >= 0.3 is 0 Å². The number of carbonyl (C=O) groups is 2. The zero-order valence-electron chi connectivity index (χ0n) is 11.2. The highest BCUT2D eigenvalue weighted by Gasteiger charge is 2.15. The standard InChI is InChI=1S/C14H18ClN3O2/c15-12-3-1-11(2-4-12)14(20)17-6-5-13(19)18-9-7-16-8-10-18/h1-4,16H,5-10H2,(H,17,20). The maximum atomic E-state index is 11.9. The average molecular weight is 296 g/mol. The highest BCUT2D eigenvalue weighted by molar-refractivity contribution is 6.30. The Kier molecular flexibility index (Phi) is 5.38. The van der Waals surface area contributed by atoms with Gasteiger partial charge in [0.25, 0.3) is 5.91 Å². The van der Waals surface area contributed by atoms with Gasteiger partial charge in [-0.3, -0.25) is 9.59 Å². The second-order valence-electron chi connectivity index (χ2n) is 4.64. The monoisotopic (exact) mass is 295 g/mol. The summed E-state index contributed by atoms with van der Waals surface area (Å²) in [5.74, 6) is -0.0994. The molecule has 1 saturated heterocycles. The fourth-order valence-corrected chi connectivity index (χ4v) is 2.18. The van der Waals surface area contributed by atoms with E-state index in [-0.39, 0.29) is 11.8 Å². The second-order valence-corrected chi connectivity index (χ2v) is 5.08. The third kappa shape index (κ3) is 4.21. The molecule has 1 aliphatic rings. The van der Waals surface area contributed by atoms with E-state index in [0.29, 0.717) is 23.6 Å². The molecule has 1 aliphatic heterocycles. The van der Waals surface area contributed by atoms with E-state index >= 15 is 0 Å². The van der Waals surface area contributed by atoms with Crippen LogP contribution in [0.15, 0.2) is 24.3 Å². The number of nitrogens with one attached hydrogen (secondary N) is 2. The topological polar surface area (TPSA) is 61.4 Å². The predicted molar refractivity (Wildman–Crippen MR) is 77.9 cm³/mol. The summed E-state index contributed by atoms with van der Waals surface area (Å²) in [7, 11) is 0. The van der Waals surface area contributed by atoms with E-state index in [1.54, 1.807) is 24.3 Å². The van der Waals surface area contributed by atoms with Gasteiger partial charge < -0.3 is 15.5 Å². The van der Waals surface area contributed by atoms with E-state index in [2.05, 4.69) is 10.6 Å². The van der Waals surface area contributed by atoms with Gasteiger partial charge in [0, 0.05) is 49.7 Å². The van der Waals surface area contributed by atoms with Crippen LogP contribution in [0.1, 0.15) is 16.8 Å². The molecule has 1 aromatic rings. The number of halogens is 1. The molecule has 0 radical (unpaired) electrons. The third-order valence-electron chi connectivity index (χ3n) is 3.20. The van der Waals surface area contributed by atoms with Crippen LogP contribution in [-0.4, -0.2) is 49.4 Å². The largest absolute Gasteiger partial charge is 0.352 e. The molecule has 108 valence electrons. The fraction of sp³-hybridized carbons (Fsp3) is 0.429. The Balaban J connectivity index is 1.73. The molecule has 0 aliphatic carbocycles. The molecule has 0 aromatic heterocycles. The van der Waals surface area contributed by atoms with Gasteiger partial charge in [-0.2, -0.15) is 0 Å². The van der Waals surface area contributed by atoms with Crippen molar-refractivity contribution in [1.29, 1.82) is 0 Å². The summed E-state index contributed by atoms with van der Waals surface area (Å²) in [5, 5.41) is 6.53. The van der Waals surface area contributed by atoms with Crippen LogP contribution in [0, 0.1) is 0 Å². The number of hydrogen-bond acceptors (Lipinski definition) is 3. The quantitative estimate of drug-likeness (QED) is 0.867. The lowest BCUT2D eigenvalue weighted by molar-refractivity contribution is -0.131. The molecule has 0 spiro atoms. The van der Waals surface area contributed by atoms with E-state index in [9.17, 15) is 9.59 Å². The van der Waals surface area contributed by atoms with Crippen LogP contribution in [0.3, 0.4) is 0 Å². The van der Waals surface area contributed by atoms with E-state index in [0.717, 1.165) is 26.2 Å². The van der Waals surface area contributed by atoms with Crippen LogP contribution in [0.2, 0.25) is 5.02 Å². The van der Waals surface area contributed by atoms with Crippen LogP contribution >= 0.6 is 11.6 Å². The molecule has 20 heavy (non-hydrogen) atoms. The molecule has 2 rings (SSSR count). The predicted octanol–water partition coefficient (Wildman–Crippen LogP) is 0.892. The first kappa shape index (κ1) is 14.8. The lowest BCUT2D eigenvalue weighted by atomic mass is 10.2. The molecular weight excluding hydrogens is 278 g/mol. The van der Waals surface area contributed by atoms with Gasteiger partial charge in [0.05, 0.1) is 0 Å². The summed E-state index contributed by atoms with van der Waals surface area (Å²) in [6.07, 6.45) is 0.333. The van der Waals surface area contributed by atoms with Crippen LogP contribution in [-0.2, 0) is 4.79 Å². The number of amides is 2. The molecule has 6 heteroatoms. The highest BCUT2D eigenvalue weighted by atomic mass is 35.5. The second kappa shape index (κ2) is 7.26. The Hall–Kier alpha value is -1.59. The Morgan fingerprint density at radius 1 is 1.20 bits per heavy atom. The number of hydrogen-bond donors (Lipinski definition) is 2. The maximum absolute atomic E-state index is 11.9. The number of piperazine rings is 1. The average Bonchev–Trinajstić information content (AvgIpc) is 2.48. The summed E-state index contributed by atoms with van der Waals surface area (Å²) in [4.78, 5) is 25.5. The zero-order valence-corrected chi connectivity index (χ0v) is 11.9. The van der Waals surface area contributed by atoms with Crippen molar-refractivity contribution in [2.45, 2.75) is 6.42 Å². The SMILES string of the molecule is O=C(NCCC(=O)N1CCNCC1)c1ccc(Cl)cc1. The smallest absolute Gasteiger partial charge is 0.251 e. The molecule has 1 heterocycles. The van der Waals surface area contributed by atoms with E-state index in [4.69, 9.17) is 11.6 Å². The zero-order chi connectivity index (χ0) is 14.4. The van der Waals surface area contributed by atoms with Gasteiger partial charge in [-0.25, -0.2) is 0 Å². The van der Waals surface area contributed by atoms with E-state index in [1.807, 2.05) is 4.90 Å². The summed E-state index contributed by atoms with van der Waals surface area (Å²) >= 11 is 5.76. The van der Waals surface area contributed by atoms with Gasteiger partial charge in [-0.15, -0.1) is 0 Å². The molecule has 0 atom stereocenters. The minimum absolute atomic E-state index is 0.0860. The lowest BCUT2D eigenvalue weighted by Crippen LogP contribution is -2.47. The van der Waals surface area contributed by atoms with Crippen molar-refractivity contribution >= 4 is 23.4 Å². The summed E-state index contributed by atoms with van der Waals surface area (Å²) in [6, 6.07) is 6.66. The molecular formula is C14H18ClN3O2. The molecule has 1 fully saturated rings. The normalized spacial score (nSPS) is 14.9. The Morgan fingerprint density at radius 3 is 2.50 bits per heavy atom. The maximum Gasteiger partial charge on any atom is 0.251 e. The van der Waals surface area contributed by atoms with Crippen molar-refractivity contribution < 1.29 is 9.59 Å².